The largest absolute Gasteiger partial charge is 0.405 e. The number of aliphatic hydroxyl groups excluding tert-OH is 1. The fourth-order valence-corrected chi connectivity index (χ4v) is 2.36. The molecular weight excluding hydrogens is 384 g/mol. The van der Waals surface area contributed by atoms with Gasteiger partial charge in [0.25, 0.3) is 0 Å². The van der Waals surface area contributed by atoms with Crippen LogP contribution in [0.1, 0.15) is 15.9 Å². The number of nitrogens with one attached hydrogen (secondary N) is 1. The summed E-state index contributed by atoms with van der Waals surface area (Å²) in [7, 11) is 0. The quantitative estimate of drug-likeness (QED) is 0.507. The Balaban J connectivity index is 3.14. The number of halogens is 6. The summed E-state index contributed by atoms with van der Waals surface area (Å²) in [6.07, 6.45) is -13.1. The van der Waals surface area contributed by atoms with Crippen molar-refractivity contribution in [2.24, 2.45) is 17.4 Å². The van der Waals surface area contributed by atoms with Crippen molar-refractivity contribution in [3.63, 3.8) is 0 Å². The van der Waals surface area contributed by atoms with Crippen molar-refractivity contribution in [2.75, 3.05) is 6.54 Å². The van der Waals surface area contributed by atoms with E-state index >= 15 is 0 Å². The fourth-order valence-electron chi connectivity index (χ4n) is 2.36. The zero-order valence-corrected chi connectivity index (χ0v) is 13.6. The number of nitrogens with two attached hydrogens (primary N) is 2. The molecule has 152 valence electrons. The Morgan fingerprint density at radius 2 is 1.67 bits per heavy atom. The van der Waals surface area contributed by atoms with Gasteiger partial charge in [-0.1, -0.05) is 18.2 Å². The molecule has 0 radical (unpaired) electrons. The van der Waals surface area contributed by atoms with E-state index in [0.717, 1.165) is 0 Å². The molecule has 1 rings (SSSR count). The minimum atomic E-state index is -5.06. The Bertz CT molecular complexity index is 677. The molecule has 0 aliphatic rings. The lowest BCUT2D eigenvalue weighted by atomic mass is 9.85. The summed E-state index contributed by atoms with van der Waals surface area (Å²) in [6.45, 7) is -1.84. The van der Waals surface area contributed by atoms with Gasteiger partial charge in [0.1, 0.15) is 18.7 Å². The predicted molar refractivity (Wildman–Crippen MR) is 81.3 cm³/mol. The highest BCUT2D eigenvalue weighted by Crippen LogP contribution is 2.29. The maximum absolute atomic E-state index is 13.0. The van der Waals surface area contributed by atoms with E-state index in [0.29, 0.717) is 0 Å². The molecule has 0 aromatic heterocycles. The number of aliphatic hydroxyl groups is 1. The second-order valence-corrected chi connectivity index (χ2v) is 5.73. The minimum Gasteiger partial charge on any atom is -0.383 e. The first kappa shape index (κ1) is 22.7. The molecule has 6 N–H and O–H groups in total. The summed E-state index contributed by atoms with van der Waals surface area (Å²) in [5.74, 6) is -4.70. The molecule has 0 spiro atoms. The van der Waals surface area contributed by atoms with Crippen molar-refractivity contribution in [1.29, 1.82) is 0 Å². The van der Waals surface area contributed by atoms with E-state index in [9.17, 15) is 41.0 Å². The van der Waals surface area contributed by atoms with Crippen molar-refractivity contribution < 1.29 is 41.0 Å². The van der Waals surface area contributed by atoms with Crippen molar-refractivity contribution in [3.8, 4) is 0 Å². The Labute approximate surface area is 149 Å². The molecule has 0 saturated carbocycles. The van der Waals surface area contributed by atoms with E-state index in [4.69, 9.17) is 11.5 Å². The maximum atomic E-state index is 13.0. The Morgan fingerprint density at radius 3 is 2.15 bits per heavy atom. The van der Waals surface area contributed by atoms with Crippen LogP contribution in [0, 0.1) is 5.92 Å². The molecule has 3 atom stereocenters. The third-order valence-electron chi connectivity index (χ3n) is 3.71. The number of alkyl halides is 6. The van der Waals surface area contributed by atoms with E-state index in [1.807, 2.05) is 0 Å². The molecule has 0 aliphatic heterocycles. The molecule has 1 unspecified atom stereocenters. The van der Waals surface area contributed by atoms with Gasteiger partial charge in [-0.25, -0.2) is 0 Å². The summed E-state index contributed by atoms with van der Waals surface area (Å²) < 4.78 is 75.6. The number of rotatable bonds is 7. The van der Waals surface area contributed by atoms with Gasteiger partial charge >= 0.3 is 12.4 Å². The van der Waals surface area contributed by atoms with Gasteiger partial charge in [0, 0.05) is 11.5 Å². The average Bonchev–Trinajstić information content (AvgIpc) is 2.55. The molecule has 0 bridgehead atoms. The molecule has 1 aromatic carbocycles. The van der Waals surface area contributed by atoms with E-state index in [1.54, 1.807) is 0 Å². The van der Waals surface area contributed by atoms with E-state index in [1.165, 1.54) is 29.6 Å². The monoisotopic (exact) mass is 401 g/mol. The minimum absolute atomic E-state index is 0.0441. The van der Waals surface area contributed by atoms with Crippen molar-refractivity contribution in [3.05, 3.63) is 35.4 Å². The molecule has 6 nitrogen and oxygen atoms in total. The third kappa shape index (κ3) is 6.71. The van der Waals surface area contributed by atoms with Crippen molar-refractivity contribution in [1.82, 2.24) is 5.32 Å². The van der Waals surface area contributed by atoms with Gasteiger partial charge in [-0.15, -0.1) is 0 Å². The number of carbonyl (C=O) groups is 2. The summed E-state index contributed by atoms with van der Waals surface area (Å²) in [5, 5.41) is 11.2. The van der Waals surface area contributed by atoms with Crippen LogP contribution in [-0.2, 0) is 11.2 Å². The van der Waals surface area contributed by atoms with Crippen LogP contribution >= 0.6 is 0 Å². The van der Waals surface area contributed by atoms with Gasteiger partial charge < -0.3 is 21.9 Å². The first-order chi connectivity index (χ1) is 12.2. The second kappa shape index (κ2) is 8.57. The highest BCUT2D eigenvalue weighted by molar-refractivity contribution is 5.94. The first-order valence-corrected chi connectivity index (χ1v) is 7.46. The van der Waals surface area contributed by atoms with Crippen molar-refractivity contribution >= 4 is 11.8 Å². The molecular formula is C15H17F6N3O3. The predicted octanol–water partition coefficient (Wildman–Crippen LogP) is 0.873. The first-order valence-electron chi connectivity index (χ1n) is 7.46. The highest BCUT2D eigenvalue weighted by Gasteiger charge is 2.46. The molecule has 0 saturated heterocycles. The number of amides is 2. The Morgan fingerprint density at radius 1 is 1.11 bits per heavy atom. The standard InChI is InChI=1S/C15H17F6N3O3/c16-14(17,18)6-24-13(27)10(25)9(11(22)15(19,20)21)5-7-3-1-2-4-8(7)12(23)26/h1-4,9-11,25H,5-6,22H2,(H2,23,26)(H,24,27)/t9-,10-,11?/m1/s1. The van der Waals surface area contributed by atoms with Gasteiger partial charge in [0.15, 0.2) is 0 Å². The molecule has 27 heavy (non-hydrogen) atoms. The molecule has 12 heteroatoms. The fraction of sp³-hybridized carbons (Fsp3) is 0.467. The SMILES string of the molecule is NC(=O)c1ccccc1C[C@@H](C(N)C(F)(F)F)[C@@H](O)C(=O)NCC(F)(F)F. The van der Waals surface area contributed by atoms with E-state index in [2.05, 4.69) is 0 Å². The summed E-state index contributed by atoms with van der Waals surface area (Å²) >= 11 is 0. The Kier molecular flexibility index (Phi) is 7.20. The van der Waals surface area contributed by atoms with Crippen LogP contribution in [0.15, 0.2) is 24.3 Å². The second-order valence-electron chi connectivity index (χ2n) is 5.73. The van der Waals surface area contributed by atoms with Gasteiger partial charge in [0.05, 0.1) is 0 Å². The Hall–Kier alpha value is -2.34. The summed E-state index contributed by atoms with van der Waals surface area (Å²) in [4.78, 5) is 23.1. The van der Waals surface area contributed by atoms with Gasteiger partial charge in [-0.05, 0) is 18.1 Å². The van der Waals surface area contributed by atoms with Gasteiger partial charge in [-0.2, -0.15) is 26.3 Å². The normalized spacial score (nSPS) is 15.7. The van der Waals surface area contributed by atoms with Crippen LogP contribution in [0.4, 0.5) is 26.3 Å². The lowest BCUT2D eigenvalue weighted by Crippen LogP contribution is -2.54. The highest BCUT2D eigenvalue weighted by atomic mass is 19.4. The van der Waals surface area contributed by atoms with Gasteiger partial charge in [-0.3, -0.25) is 9.59 Å². The molecule has 0 aliphatic carbocycles. The lowest BCUT2D eigenvalue weighted by molar-refractivity contribution is -0.172. The van der Waals surface area contributed by atoms with Crippen LogP contribution in [0.2, 0.25) is 0 Å². The van der Waals surface area contributed by atoms with Crippen LogP contribution in [0.5, 0.6) is 0 Å². The summed E-state index contributed by atoms with van der Waals surface area (Å²) in [5.41, 5.74) is 10.00. The zero-order valence-electron chi connectivity index (χ0n) is 13.6. The number of hydrogen-bond donors (Lipinski definition) is 4. The third-order valence-corrected chi connectivity index (χ3v) is 3.71. The van der Waals surface area contributed by atoms with Crippen molar-refractivity contribution in [2.45, 2.75) is 30.9 Å². The van der Waals surface area contributed by atoms with Gasteiger partial charge in [0.2, 0.25) is 11.8 Å². The lowest BCUT2D eigenvalue weighted by Gasteiger charge is -2.29. The average molecular weight is 401 g/mol. The topological polar surface area (TPSA) is 118 Å². The molecule has 1 aromatic rings. The van der Waals surface area contributed by atoms with Crippen LogP contribution in [0.3, 0.4) is 0 Å². The number of benzene rings is 1. The smallest absolute Gasteiger partial charge is 0.383 e. The molecule has 0 fully saturated rings. The number of hydrogen-bond acceptors (Lipinski definition) is 4. The van der Waals surface area contributed by atoms with E-state index < -0.39 is 55.2 Å². The summed E-state index contributed by atoms with van der Waals surface area (Å²) in [6, 6.07) is 2.45. The number of carbonyl (C=O) groups excluding carboxylic acids is 2. The van der Waals surface area contributed by atoms with E-state index in [-0.39, 0.29) is 11.1 Å². The number of primary amides is 1. The van der Waals surface area contributed by atoms with Crippen LogP contribution < -0.4 is 16.8 Å². The molecule has 2 amide bonds. The maximum Gasteiger partial charge on any atom is 0.405 e. The molecule has 0 heterocycles. The zero-order chi connectivity index (χ0) is 21.0. The van der Waals surface area contributed by atoms with Crippen LogP contribution in [0.25, 0.3) is 0 Å². The van der Waals surface area contributed by atoms with Crippen LogP contribution in [-0.4, -0.2) is 48.0 Å².